The van der Waals surface area contributed by atoms with Crippen LogP contribution in [0.15, 0.2) is 48.8 Å². The summed E-state index contributed by atoms with van der Waals surface area (Å²) >= 11 is 4.84. The van der Waals surface area contributed by atoms with Gasteiger partial charge in [0.15, 0.2) is 4.77 Å². The zero-order valence-electron chi connectivity index (χ0n) is 11.1. The van der Waals surface area contributed by atoms with E-state index in [2.05, 4.69) is 40.9 Å². The molecule has 19 heavy (non-hydrogen) atoms. The summed E-state index contributed by atoms with van der Waals surface area (Å²) in [6.45, 7) is 4.24. The Morgan fingerprint density at radius 3 is 2.42 bits per heavy atom. The van der Waals surface area contributed by atoms with Crippen molar-refractivity contribution in [2.24, 2.45) is 0 Å². The number of aromatic amines is 2. The molecule has 0 amide bonds. The number of hydrogen-bond donors (Lipinski definition) is 2. The van der Waals surface area contributed by atoms with Crippen molar-refractivity contribution in [2.75, 3.05) is 0 Å². The van der Waals surface area contributed by atoms with E-state index in [1.807, 2.05) is 36.7 Å². The van der Waals surface area contributed by atoms with Crippen LogP contribution in [0.25, 0.3) is 10.9 Å². The molecule has 0 saturated carbocycles. The van der Waals surface area contributed by atoms with Gasteiger partial charge in [-0.05, 0) is 30.3 Å². The number of para-hydroxylation sites is 1. The molecule has 98 valence electrons. The predicted octanol–water partition coefficient (Wildman–Crippen LogP) is 4.43. The predicted molar refractivity (Wildman–Crippen MR) is 81.8 cm³/mol. The fourth-order valence-electron chi connectivity index (χ4n) is 1.67. The quantitative estimate of drug-likeness (QED) is 0.643. The number of rotatable bonds is 1. The first-order valence-corrected chi connectivity index (χ1v) is 6.65. The van der Waals surface area contributed by atoms with Crippen molar-refractivity contribution in [3.8, 4) is 0 Å². The number of imidazole rings is 1. The van der Waals surface area contributed by atoms with Crippen LogP contribution in [-0.4, -0.2) is 15.0 Å². The van der Waals surface area contributed by atoms with Crippen LogP contribution < -0.4 is 0 Å². The summed E-state index contributed by atoms with van der Waals surface area (Å²) in [6.07, 6.45) is 3.72. The maximum Gasteiger partial charge on any atom is 0.174 e. The molecule has 0 aliphatic heterocycles. The van der Waals surface area contributed by atoms with Gasteiger partial charge < -0.3 is 9.97 Å². The second-order valence-corrected chi connectivity index (χ2v) is 4.96. The molecule has 1 aromatic carbocycles. The highest BCUT2D eigenvalue weighted by Gasteiger charge is 1.97. The van der Waals surface area contributed by atoms with Gasteiger partial charge in [0.25, 0.3) is 0 Å². The number of nitrogens with zero attached hydrogens (tertiary/aromatic N) is 1. The van der Waals surface area contributed by atoms with Crippen LogP contribution in [-0.2, 0) is 0 Å². The van der Waals surface area contributed by atoms with E-state index in [-0.39, 0.29) is 0 Å². The Morgan fingerprint density at radius 1 is 1.11 bits per heavy atom. The van der Waals surface area contributed by atoms with Crippen molar-refractivity contribution in [3.63, 3.8) is 0 Å². The van der Waals surface area contributed by atoms with Crippen molar-refractivity contribution >= 4 is 23.1 Å². The van der Waals surface area contributed by atoms with Crippen LogP contribution in [0.5, 0.6) is 0 Å². The van der Waals surface area contributed by atoms with Gasteiger partial charge in [0.1, 0.15) is 0 Å². The summed E-state index contributed by atoms with van der Waals surface area (Å²) in [6, 6.07) is 12.1. The van der Waals surface area contributed by atoms with Crippen molar-refractivity contribution < 1.29 is 0 Å². The van der Waals surface area contributed by atoms with Gasteiger partial charge in [-0.25, -0.2) is 0 Å². The minimum atomic E-state index is 0.526. The number of aromatic nitrogens is 3. The summed E-state index contributed by atoms with van der Waals surface area (Å²) in [5.41, 5.74) is 2.23. The van der Waals surface area contributed by atoms with Crippen LogP contribution in [0, 0.1) is 4.77 Å². The SMILES string of the molecule is CC(C)c1c[nH]c(=S)[nH]1.c1ccc2ncccc2c1. The minimum Gasteiger partial charge on any atom is -0.337 e. The average Bonchev–Trinajstić information content (AvgIpc) is 2.87. The highest BCUT2D eigenvalue weighted by molar-refractivity contribution is 7.71. The van der Waals surface area contributed by atoms with Crippen LogP contribution in [0.2, 0.25) is 0 Å². The Bertz CT molecular complexity index is 632. The molecule has 3 nitrogen and oxygen atoms in total. The maximum absolute atomic E-state index is 4.84. The molecule has 2 N–H and O–H groups in total. The molecule has 0 spiro atoms. The number of fused-ring (bicyclic) bond motifs is 1. The zero-order valence-corrected chi connectivity index (χ0v) is 11.9. The normalized spacial score (nSPS) is 10.3. The Balaban J connectivity index is 0.000000141. The third-order valence-electron chi connectivity index (χ3n) is 2.75. The smallest absolute Gasteiger partial charge is 0.174 e. The molecular formula is C15H17N3S. The minimum absolute atomic E-state index is 0.526. The van der Waals surface area contributed by atoms with Gasteiger partial charge in [-0.15, -0.1) is 0 Å². The maximum atomic E-state index is 4.84. The zero-order chi connectivity index (χ0) is 13.7. The number of benzene rings is 1. The molecule has 0 unspecified atom stereocenters. The lowest BCUT2D eigenvalue weighted by molar-refractivity contribution is 0.831. The molecule has 0 radical (unpaired) electrons. The molecular weight excluding hydrogens is 254 g/mol. The number of pyridine rings is 1. The van der Waals surface area contributed by atoms with Crippen LogP contribution in [0.1, 0.15) is 25.5 Å². The molecule has 0 aliphatic carbocycles. The first-order chi connectivity index (χ1) is 9.16. The van der Waals surface area contributed by atoms with Crippen LogP contribution in [0.4, 0.5) is 0 Å². The van der Waals surface area contributed by atoms with E-state index in [9.17, 15) is 0 Å². The topological polar surface area (TPSA) is 44.5 Å². The number of hydrogen-bond acceptors (Lipinski definition) is 2. The highest BCUT2D eigenvalue weighted by atomic mass is 32.1. The van der Waals surface area contributed by atoms with Gasteiger partial charge in [0.2, 0.25) is 0 Å². The van der Waals surface area contributed by atoms with Gasteiger partial charge >= 0.3 is 0 Å². The van der Waals surface area contributed by atoms with E-state index in [0.29, 0.717) is 10.7 Å². The average molecular weight is 271 g/mol. The monoisotopic (exact) mass is 271 g/mol. The molecule has 2 aromatic heterocycles. The van der Waals surface area contributed by atoms with Gasteiger partial charge in [-0.3, -0.25) is 4.98 Å². The van der Waals surface area contributed by atoms with Crippen LogP contribution in [0.3, 0.4) is 0 Å². The first-order valence-electron chi connectivity index (χ1n) is 6.24. The molecule has 0 atom stereocenters. The largest absolute Gasteiger partial charge is 0.337 e. The van der Waals surface area contributed by atoms with Crippen molar-refractivity contribution in [1.82, 2.24) is 15.0 Å². The highest BCUT2D eigenvalue weighted by Crippen LogP contribution is 2.08. The summed E-state index contributed by atoms with van der Waals surface area (Å²) in [5.74, 6) is 0.526. The van der Waals surface area contributed by atoms with Crippen molar-refractivity contribution in [1.29, 1.82) is 0 Å². The lowest BCUT2D eigenvalue weighted by Gasteiger charge is -1.95. The van der Waals surface area contributed by atoms with E-state index in [1.165, 1.54) is 11.1 Å². The molecule has 4 heteroatoms. The lowest BCUT2D eigenvalue weighted by atomic mass is 10.2. The molecule has 3 aromatic rings. The van der Waals surface area contributed by atoms with Crippen molar-refractivity contribution in [3.05, 3.63) is 59.3 Å². The summed E-state index contributed by atoms with van der Waals surface area (Å²) < 4.78 is 0.707. The summed E-state index contributed by atoms with van der Waals surface area (Å²) in [5, 5.41) is 1.20. The second kappa shape index (κ2) is 6.29. The van der Waals surface area contributed by atoms with E-state index in [1.54, 1.807) is 0 Å². The number of H-pyrrole nitrogens is 2. The Hall–Kier alpha value is -1.94. The standard InChI is InChI=1S/C9H7N.C6H10N2S/c1-2-6-9-8(4-1)5-3-7-10-9;1-4(2)5-3-7-6(9)8-5/h1-7H;3-4H,1-2H3,(H2,7,8,9). The fourth-order valence-corrected chi connectivity index (χ4v) is 1.85. The molecule has 0 bridgehead atoms. The van der Waals surface area contributed by atoms with Gasteiger partial charge in [-0.1, -0.05) is 38.1 Å². The molecule has 3 rings (SSSR count). The molecule has 0 fully saturated rings. The Kier molecular flexibility index (Phi) is 4.47. The van der Waals surface area contributed by atoms with E-state index in [4.69, 9.17) is 12.2 Å². The molecule has 2 heterocycles. The van der Waals surface area contributed by atoms with Gasteiger partial charge in [0.05, 0.1) is 5.52 Å². The van der Waals surface area contributed by atoms with Crippen molar-refractivity contribution in [2.45, 2.75) is 19.8 Å². The first kappa shape index (κ1) is 13.5. The third kappa shape index (κ3) is 3.76. The van der Waals surface area contributed by atoms with Crippen LogP contribution >= 0.6 is 12.2 Å². The molecule has 0 aliphatic rings. The number of nitrogens with one attached hydrogen (secondary N) is 2. The third-order valence-corrected chi connectivity index (χ3v) is 2.97. The van der Waals surface area contributed by atoms with E-state index < -0.39 is 0 Å². The summed E-state index contributed by atoms with van der Waals surface area (Å²) in [7, 11) is 0. The van der Waals surface area contributed by atoms with E-state index in [0.717, 1.165) is 5.52 Å². The summed E-state index contributed by atoms with van der Waals surface area (Å²) in [4.78, 5) is 10.1. The van der Waals surface area contributed by atoms with Gasteiger partial charge in [0, 0.05) is 23.5 Å². The lowest BCUT2D eigenvalue weighted by Crippen LogP contribution is -1.84. The van der Waals surface area contributed by atoms with Gasteiger partial charge in [-0.2, -0.15) is 0 Å². The fraction of sp³-hybridized carbons (Fsp3) is 0.200. The molecule has 0 saturated heterocycles. The Morgan fingerprint density at radius 2 is 1.84 bits per heavy atom. The second-order valence-electron chi connectivity index (χ2n) is 4.55. The van der Waals surface area contributed by atoms with E-state index >= 15 is 0 Å². The Labute approximate surface area is 117 Å².